The second kappa shape index (κ2) is 11.4. The monoisotopic (exact) mass is 435 g/mol. The van der Waals surface area contributed by atoms with Crippen molar-refractivity contribution in [2.24, 2.45) is 4.99 Å². The van der Waals surface area contributed by atoms with Crippen LogP contribution in [0.1, 0.15) is 33.1 Å². The van der Waals surface area contributed by atoms with Crippen LogP contribution in [0.3, 0.4) is 0 Å². The summed E-state index contributed by atoms with van der Waals surface area (Å²) in [6, 6.07) is 10.4. The highest BCUT2D eigenvalue weighted by atomic mass is 32.2. The first-order chi connectivity index (χ1) is 15.1. The molecule has 0 bridgehead atoms. The van der Waals surface area contributed by atoms with Crippen LogP contribution < -0.4 is 0 Å². The van der Waals surface area contributed by atoms with Crippen LogP contribution >= 0.6 is 9.21 Å². The topological polar surface area (TPSA) is 18.8 Å². The van der Waals surface area contributed by atoms with Gasteiger partial charge in [-0.05, 0) is 38.1 Å². The van der Waals surface area contributed by atoms with E-state index in [4.69, 9.17) is 4.99 Å². The molecule has 4 heteroatoms. The summed E-state index contributed by atoms with van der Waals surface area (Å²) in [6.45, 7) is 9.90. The van der Waals surface area contributed by atoms with Gasteiger partial charge in [0.05, 0.1) is 11.4 Å². The van der Waals surface area contributed by atoms with E-state index in [9.17, 15) is 0 Å². The number of hydrogen-bond donors (Lipinski definition) is 0. The first-order valence-electron chi connectivity index (χ1n) is 11.3. The molecule has 0 radical (unpaired) electrons. The minimum Gasteiger partial charge on any atom is -0.367 e. The van der Waals surface area contributed by atoms with Gasteiger partial charge in [-0.2, -0.15) is 9.21 Å². The maximum Gasteiger partial charge on any atom is 0.0674 e. The van der Waals surface area contributed by atoms with Crippen molar-refractivity contribution in [3.63, 3.8) is 0 Å². The average Bonchev–Trinajstić information content (AvgIpc) is 3.04. The van der Waals surface area contributed by atoms with Crippen molar-refractivity contribution in [1.82, 2.24) is 9.80 Å². The van der Waals surface area contributed by atoms with Crippen molar-refractivity contribution in [1.29, 1.82) is 0 Å². The number of unbranched alkanes of at least 4 members (excludes halogenated alkanes) is 1. The third kappa shape index (κ3) is 6.11. The Hall–Kier alpha value is -2.30. The lowest BCUT2D eigenvalue weighted by Gasteiger charge is -2.37. The summed E-state index contributed by atoms with van der Waals surface area (Å²) < 4.78 is 0. The van der Waals surface area contributed by atoms with Gasteiger partial charge in [0.25, 0.3) is 0 Å². The van der Waals surface area contributed by atoms with Crippen LogP contribution in [0.4, 0.5) is 0 Å². The maximum absolute atomic E-state index is 5.00. The van der Waals surface area contributed by atoms with Gasteiger partial charge in [-0.3, -0.25) is 9.89 Å². The van der Waals surface area contributed by atoms with Gasteiger partial charge in [0.1, 0.15) is 0 Å². The van der Waals surface area contributed by atoms with E-state index < -0.39 is 9.21 Å². The van der Waals surface area contributed by atoms with E-state index in [1.54, 1.807) is 0 Å². The highest BCUT2D eigenvalue weighted by Gasteiger charge is 2.20. The van der Waals surface area contributed by atoms with E-state index in [-0.39, 0.29) is 0 Å². The fourth-order valence-electron chi connectivity index (χ4n) is 3.97. The lowest BCUT2D eigenvalue weighted by molar-refractivity contribution is 0.159. The van der Waals surface area contributed by atoms with Gasteiger partial charge in [0, 0.05) is 48.6 Å². The van der Waals surface area contributed by atoms with Crippen LogP contribution in [0.25, 0.3) is 0 Å². The highest BCUT2D eigenvalue weighted by Crippen LogP contribution is 2.39. The van der Waals surface area contributed by atoms with Gasteiger partial charge in [-0.25, -0.2) is 0 Å². The zero-order valence-electron chi connectivity index (χ0n) is 19.2. The van der Waals surface area contributed by atoms with E-state index in [1.165, 1.54) is 30.0 Å². The quantitative estimate of drug-likeness (QED) is 0.378. The van der Waals surface area contributed by atoms with Crippen molar-refractivity contribution in [2.75, 3.05) is 32.7 Å². The van der Waals surface area contributed by atoms with E-state index in [0.717, 1.165) is 43.2 Å². The average molecular weight is 436 g/mol. The molecule has 2 aliphatic rings. The molecule has 3 nitrogen and oxygen atoms in total. The number of aliphatic imine (C=N–C) groups is 1. The molecule has 1 heterocycles. The first-order valence-corrected chi connectivity index (χ1v) is 13.3. The number of rotatable bonds is 8. The summed E-state index contributed by atoms with van der Waals surface area (Å²) in [6.07, 6.45) is 16.2. The Morgan fingerprint density at radius 2 is 1.84 bits per heavy atom. The van der Waals surface area contributed by atoms with Crippen LogP contribution in [-0.2, 0) is 0 Å². The van der Waals surface area contributed by atoms with Crippen molar-refractivity contribution < 1.29 is 0 Å². The minimum absolute atomic E-state index is 0.841. The Bertz CT molecular complexity index is 971. The van der Waals surface area contributed by atoms with Gasteiger partial charge >= 0.3 is 0 Å². The Morgan fingerprint density at radius 1 is 1.10 bits per heavy atom. The van der Waals surface area contributed by atoms with Crippen LogP contribution in [0, 0.1) is 0 Å². The molecule has 0 unspecified atom stereocenters. The SMILES string of the molecule is C=S(=C)(/C(C=NC1=C(N2CCN(CCCC)CC2)C=CC=CC1)=C/C)c1ccccc1. The molecule has 31 heavy (non-hydrogen) atoms. The largest absolute Gasteiger partial charge is 0.367 e. The molecule has 1 fully saturated rings. The molecule has 1 saturated heterocycles. The molecule has 1 aromatic rings. The Kier molecular flexibility index (Phi) is 8.56. The Balaban J connectivity index is 1.81. The molecule has 166 valence electrons. The van der Waals surface area contributed by atoms with Crippen molar-refractivity contribution in [2.45, 2.75) is 38.0 Å². The lowest BCUT2D eigenvalue weighted by Crippen LogP contribution is -2.46. The van der Waals surface area contributed by atoms with Crippen LogP contribution in [0.2, 0.25) is 0 Å². The predicted molar refractivity (Wildman–Crippen MR) is 142 cm³/mol. The highest BCUT2D eigenvalue weighted by molar-refractivity contribution is 8.31. The van der Waals surface area contributed by atoms with Crippen molar-refractivity contribution >= 4 is 27.2 Å². The zero-order chi connectivity index (χ0) is 22.1. The second-order valence-corrected chi connectivity index (χ2v) is 10.9. The normalized spacial score (nSPS) is 18.8. The smallest absolute Gasteiger partial charge is 0.0674 e. The van der Waals surface area contributed by atoms with Gasteiger partial charge in [-0.15, -0.1) is 0 Å². The van der Waals surface area contributed by atoms with Crippen LogP contribution in [0.5, 0.6) is 0 Å². The first kappa shape index (κ1) is 23.4. The third-order valence-electron chi connectivity index (χ3n) is 5.93. The van der Waals surface area contributed by atoms with Gasteiger partial charge in [0.2, 0.25) is 0 Å². The molecule has 0 atom stereocenters. The summed E-state index contributed by atoms with van der Waals surface area (Å²) >= 11 is 0. The molecule has 3 rings (SSSR count). The Morgan fingerprint density at radius 3 is 2.52 bits per heavy atom. The number of nitrogens with zero attached hydrogens (tertiary/aromatic N) is 3. The molecular weight excluding hydrogens is 398 g/mol. The van der Waals surface area contributed by atoms with Crippen LogP contribution in [0.15, 0.2) is 86.9 Å². The van der Waals surface area contributed by atoms with E-state index in [1.807, 2.05) is 12.3 Å². The zero-order valence-corrected chi connectivity index (χ0v) is 20.0. The van der Waals surface area contributed by atoms with Gasteiger partial charge in [-0.1, -0.05) is 67.6 Å². The molecule has 0 aromatic heterocycles. The fourth-order valence-corrected chi connectivity index (χ4v) is 5.62. The summed E-state index contributed by atoms with van der Waals surface area (Å²) in [7, 11) is -1.59. The summed E-state index contributed by atoms with van der Waals surface area (Å²) in [5, 5.41) is 0. The number of allylic oxidation sites excluding steroid dienone is 6. The molecule has 1 aliphatic carbocycles. The van der Waals surface area contributed by atoms with Crippen molar-refractivity contribution in [3.05, 3.63) is 77.0 Å². The number of piperazine rings is 1. The third-order valence-corrected chi connectivity index (χ3v) is 8.34. The van der Waals surface area contributed by atoms with E-state index in [2.05, 4.69) is 90.0 Å². The Labute approximate surface area is 189 Å². The molecule has 0 amide bonds. The molecule has 0 N–H and O–H groups in total. The summed E-state index contributed by atoms with van der Waals surface area (Å²) in [4.78, 5) is 12.4. The van der Waals surface area contributed by atoms with E-state index in [0.29, 0.717) is 0 Å². The number of benzene rings is 1. The molecular formula is C27H37N3S. The fraction of sp³-hybridized carbons (Fsp3) is 0.370. The standard InChI is InChI=1S/C27H37N3S/c1-5-7-18-29-19-21-30(22-20-29)27-17-13-9-12-16-26(27)28-23-24(6-2)31(3,4)25-14-10-8-11-15-25/h6,8-15,17,23H,3-5,7,16,18-22H2,1-2H3/b24-6+,28-23?. The molecule has 1 aliphatic heterocycles. The van der Waals surface area contributed by atoms with Crippen molar-refractivity contribution in [3.8, 4) is 0 Å². The predicted octanol–water partition coefficient (Wildman–Crippen LogP) is 5.83. The molecule has 0 saturated carbocycles. The van der Waals surface area contributed by atoms with Gasteiger partial charge < -0.3 is 4.90 Å². The second-order valence-electron chi connectivity index (χ2n) is 8.15. The van der Waals surface area contributed by atoms with E-state index >= 15 is 0 Å². The summed E-state index contributed by atoms with van der Waals surface area (Å²) in [5.74, 6) is 8.98. The van der Waals surface area contributed by atoms with Crippen LogP contribution in [-0.4, -0.2) is 60.5 Å². The lowest BCUT2D eigenvalue weighted by atomic mass is 10.2. The molecule has 0 spiro atoms. The van der Waals surface area contributed by atoms with Gasteiger partial charge in [0.15, 0.2) is 0 Å². The summed E-state index contributed by atoms with van der Waals surface area (Å²) in [5.41, 5.74) is 2.37. The number of hydrogen-bond acceptors (Lipinski definition) is 3. The molecule has 1 aromatic carbocycles. The minimum atomic E-state index is -1.59. The maximum atomic E-state index is 5.00.